The summed E-state index contributed by atoms with van der Waals surface area (Å²) < 4.78 is 5.38. The number of nitrogens with zero attached hydrogens (tertiary/aromatic N) is 1. The highest BCUT2D eigenvalue weighted by Crippen LogP contribution is 2.31. The molecule has 0 radical (unpaired) electrons. The number of benzene rings is 3. The van der Waals surface area contributed by atoms with E-state index >= 15 is 0 Å². The van der Waals surface area contributed by atoms with Crippen LogP contribution in [0.4, 0.5) is 0 Å². The zero-order valence-corrected chi connectivity index (χ0v) is 17.8. The molecule has 1 fully saturated rings. The van der Waals surface area contributed by atoms with E-state index in [0.717, 1.165) is 37.2 Å². The molecule has 1 N–H and O–H groups in total. The summed E-state index contributed by atoms with van der Waals surface area (Å²) in [5, 5.41) is 5.71. The van der Waals surface area contributed by atoms with Gasteiger partial charge in [-0.15, -0.1) is 0 Å². The van der Waals surface area contributed by atoms with Crippen LogP contribution in [0.25, 0.3) is 10.8 Å². The second-order valence-corrected chi connectivity index (χ2v) is 8.08. The number of para-hydroxylation sites is 1. The van der Waals surface area contributed by atoms with E-state index in [2.05, 4.69) is 59.6 Å². The summed E-state index contributed by atoms with van der Waals surface area (Å²) in [7, 11) is 1.66. The molecule has 1 amide bonds. The van der Waals surface area contributed by atoms with Crippen molar-refractivity contribution in [3.8, 4) is 5.75 Å². The number of hydrogen-bond donors (Lipinski definition) is 1. The number of ether oxygens (including phenoxy) is 1. The molecule has 1 aliphatic heterocycles. The fraction of sp³-hybridized carbons (Fsp3) is 0.346. The Bertz CT molecular complexity index is 1000. The van der Waals surface area contributed by atoms with Crippen molar-refractivity contribution in [1.82, 2.24) is 10.2 Å². The Labute approximate surface area is 178 Å². The van der Waals surface area contributed by atoms with Crippen LogP contribution in [0.1, 0.15) is 36.9 Å². The van der Waals surface area contributed by atoms with Crippen molar-refractivity contribution in [2.75, 3.05) is 20.2 Å². The Morgan fingerprint density at radius 3 is 2.53 bits per heavy atom. The van der Waals surface area contributed by atoms with Gasteiger partial charge in [0.25, 0.3) is 0 Å². The molecule has 3 aromatic carbocycles. The molecule has 0 aliphatic carbocycles. The van der Waals surface area contributed by atoms with Gasteiger partial charge in [0.15, 0.2) is 0 Å². The number of methoxy groups -OCH3 is 1. The molecular weight excluding hydrogens is 372 g/mol. The van der Waals surface area contributed by atoms with Crippen molar-refractivity contribution in [2.24, 2.45) is 5.92 Å². The van der Waals surface area contributed by atoms with Crippen molar-refractivity contribution < 1.29 is 9.53 Å². The molecule has 3 aromatic rings. The van der Waals surface area contributed by atoms with E-state index in [4.69, 9.17) is 4.74 Å². The number of piperidine rings is 1. The fourth-order valence-corrected chi connectivity index (χ4v) is 4.54. The Balaban J connectivity index is 1.34. The van der Waals surface area contributed by atoms with Gasteiger partial charge in [0, 0.05) is 24.1 Å². The number of carbonyl (C=O) groups excluding carboxylic acids is 1. The van der Waals surface area contributed by atoms with Gasteiger partial charge in [-0.05, 0) is 55.3 Å². The molecule has 0 bridgehead atoms. The van der Waals surface area contributed by atoms with E-state index in [1.807, 2.05) is 24.3 Å². The molecule has 1 saturated heterocycles. The van der Waals surface area contributed by atoms with Crippen LogP contribution in [-0.4, -0.2) is 31.0 Å². The first-order chi connectivity index (χ1) is 14.7. The molecule has 1 heterocycles. The summed E-state index contributed by atoms with van der Waals surface area (Å²) in [6, 6.07) is 23.3. The number of likely N-dealkylation sites (tertiary alicyclic amines) is 1. The third-order valence-corrected chi connectivity index (χ3v) is 6.37. The zero-order valence-electron chi connectivity index (χ0n) is 17.8. The van der Waals surface area contributed by atoms with Crippen molar-refractivity contribution in [1.29, 1.82) is 0 Å². The molecule has 0 aromatic heterocycles. The van der Waals surface area contributed by atoms with E-state index < -0.39 is 0 Å². The zero-order chi connectivity index (χ0) is 20.9. The lowest BCUT2D eigenvalue weighted by molar-refractivity contribution is -0.126. The number of hydrogen-bond acceptors (Lipinski definition) is 3. The van der Waals surface area contributed by atoms with Crippen LogP contribution >= 0.6 is 0 Å². The summed E-state index contributed by atoms with van der Waals surface area (Å²) in [6.07, 6.45) is 1.79. The van der Waals surface area contributed by atoms with Crippen molar-refractivity contribution in [3.63, 3.8) is 0 Å². The van der Waals surface area contributed by atoms with Crippen LogP contribution in [0.15, 0.2) is 66.7 Å². The average molecular weight is 403 g/mol. The maximum atomic E-state index is 12.7. The van der Waals surface area contributed by atoms with Crippen LogP contribution in [0.2, 0.25) is 0 Å². The first kappa shape index (κ1) is 20.4. The highest BCUT2D eigenvalue weighted by atomic mass is 16.5. The van der Waals surface area contributed by atoms with Crippen LogP contribution < -0.4 is 10.1 Å². The Kier molecular flexibility index (Phi) is 6.34. The standard InChI is InChI=1S/C26H30N2O2/c1-19(23-12-7-10-20-8-3-5-11-24(20)23)28-16-14-21(15-17-28)26(29)27-18-22-9-4-6-13-25(22)30-2/h3-13,19,21H,14-18H2,1-2H3,(H,27,29)/t19-/m1/s1. The third kappa shape index (κ3) is 4.34. The van der Waals surface area contributed by atoms with E-state index in [1.54, 1.807) is 7.11 Å². The molecule has 30 heavy (non-hydrogen) atoms. The quantitative estimate of drug-likeness (QED) is 0.635. The van der Waals surface area contributed by atoms with E-state index in [9.17, 15) is 4.79 Å². The SMILES string of the molecule is COc1ccccc1CNC(=O)C1CCN([C@H](C)c2cccc3ccccc23)CC1. The first-order valence-corrected chi connectivity index (χ1v) is 10.8. The Morgan fingerprint density at radius 2 is 1.73 bits per heavy atom. The highest BCUT2D eigenvalue weighted by molar-refractivity contribution is 5.86. The first-order valence-electron chi connectivity index (χ1n) is 10.8. The van der Waals surface area contributed by atoms with Gasteiger partial charge in [-0.1, -0.05) is 60.7 Å². The van der Waals surface area contributed by atoms with Gasteiger partial charge in [-0.2, -0.15) is 0 Å². The fourth-order valence-electron chi connectivity index (χ4n) is 4.54. The molecule has 0 unspecified atom stereocenters. The molecule has 1 aliphatic rings. The van der Waals surface area contributed by atoms with Gasteiger partial charge < -0.3 is 10.1 Å². The maximum Gasteiger partial charge on any atom is 0.223 e. The largest absolute Gasteiger partial charge is 0.496 e. The normalized spacial score (nSPS) is 16.3. The van der Waals surface area contributed by atoms with Gasteiger partial charge in [-0.3, -0.25) is 9.69 Å². The predicted octanol–water partition coefficient (Wildman–Crippen LogP) is 4.94. The van der Waals surface area contributed by atoms with Crippen LogP contribution in [0.5, 0.6) is 5.75 Å². The monoisotopic (exact) mass is 402 g/mol. The number of rotatable bonds is 6. The van der Waals surface area contributed by atoms with Crippen molar-refractivity contribution in [3.05, 3.63) is 77.9 Å². The lowest BCUT2D eigenvalue weighted by Gasteiger charge is -2.36. The molecule has 156 valence electrons. The maximum absolute atomic E-state index is 12.7. The third-order valence-electron chi connectivity index (χ3n) is 6.37. The van der Waals surface area contributed by atoms with Crippen LogP contribution in [-0.2, 0) is 11.3 Å². The summed E-state index contributed by atoms with van der Waals surface area (Å²) in [6.45, 7) is 4.67. The average Bonchev–Trinajstić information content (AvgIpc) is 2.82. The molecule has 1 atom stereocenters. The molecule has 0 saturated carbocycles. The minimum atomic E-state index is 0.0793. The van der Waals surface area contributed by atoms with Crippen LogP contribution in [0.3, 0.4) is 0 Å². The summed E-state index contributed by atoms with van der Waals surface area (Å²) in [5.41, 5.74) is 2.38. The van der Waals surface area contributed by atoms with E-state index in [-0.39, 0.29) is 11.8 Å². The second kappa shape index (κ2) is 9.31. The van der Waals surface area contributed by atoms with E-state index in [1.165, 1.54) is 16.3 Å². The molecule has 0 spiro atoms. The van der Waals surface area contributed by atoms with Crippen molar-refractivity contribution >= 4 is 16.7 Å². The topological polar surface area (TPSA) is 41.6 Å². The Morgan fingerprint density at radius 1 is 1.03 bits per heavy atom. The Hall–Kier alpha value is -2.85. The summed E-state index contributed by atoms with van der Waals surface area (Å²) >= 11 is 0. The molecule has 4 nitrogen and oxygen atoms in total. The van der Waals surface area contributed by atoms with Gasteiger partial charge in [-0.25, -0.2) is 0 Å². The van der Waals surface area contributed by atoms with Crippen molar-refractivity contribution in [2.45, 2.75) is 32.4 Å². The molecule has 4 rings (SSSR count). The number of nitrogens with one attached hydrogen (secondary N) is 1. The number of fused-ring (bicyclic) bond motifs is 1. The van der Waals surface area contributed by atoms with Crippen LogP contribution in [0, 0.1) is 5.92 Å². The predicted molar refractivity (Wildman–Crippen MR) is 122 cm³/mol. The summed E-state index contributed by atoms with van der Waals surface area (Å²) in [4.78, 5) is 15.2. The highest BCUT2D eigenvalue weighted by Gasteiger charge is 2.28. The smallest absolute Gasteiger partial charge is 0.223 e. The minimum absolute atomic E-state index is 0.0793. The van der Waals surface area contributed by atoms with Gasteiger partial charge >= 0.3 is 0 Å². The lowest BCUT2D eigenvalue weighted by Crippen LogP contribution is -2.41. The minimum Gasteiger partial charge on any atom is -0.496 e. The van der Waals surface area contributed by atoms with E-state index in [0.29, 0.717) is 12.6 Å². The van der Waals surface area contributed by atoms with Gasteiger partial charge in [0.05, 0.1) is 7.11 Å². The summed E-state index contributed by atoms with van der Waals surface area (Å²) in [5.74, 6) is 1.05. The van der Waals surface area contributed by atoms with Gasteiger partial charge in [0.2, 0.25) is 5.91 Å². The number of carbonyl (C=O) groups is 1. The molecular formula is C26H30N2O2. The number of amides is 1. The van der Waals surface area contributed by atoms with Gasteiger partial charge in [0.1, 0.15) is 5.75 Å². The molecule has 4 heteroatoms. The second-order valence-electron chi connectivity index (χ2n) is 8.08. The lowest BCUT2D eigenvalue weighted by atomic mass is 9.92.